The average Bonchev–Trinajstić information content (AvgIpc) is 2.43. The van der Waals surface area contributed by atoms with Crippen molar-refractivity contribution in [1.29, 1.82) is 0 Å². The molecule has 3 nitrogen and oxygen atoms in total. The number of anilines is 1. The quantitative estimate of drug-likeness (QED) is 0.916. The van der Waals surface area contributed by atoms with Gasteiger partial charge in [-0.25, -0.2) is 4.39 Å². The molecule has 0 spiro atoms. The molecule has 2 aromatic carbocycles. The highest BCUT2D eigenvalue weighted by molar-refractivity contribution is 6.30. The summed E-state index contributed by atoms with van der Waals surface area (Å²) in [6, 6.07) is 14.0. The molecule has 0 radical (unpaired) electrons. The number of carbonyl (C=O) groups excluding carboxylic acids is 1. The van der Waals surface area contributed by atoms with E-state index in [2.05, 4.69) is 5.32 Å². The van der Waals surface area contributed by atoms with Gasteiger partial charge in [-0.2, -0.15) is 0 Å². The summed E-state index contributed by atoms with van der Waals surface area (Å²) in [4.78, 5) is 13.8. The molecular weight excluding hydrogens is 291 g/mol. The summed E-state index contributed by atoms with van der Waals surface area (Å²) >= 11 is 5.67. The smallest absolute Gasteiger partial charge is 0.238 e. The van der Waals surface area contributed by atoms with E-state index in [9.17, 15) is 9.18 Å². The predicted molar refractivity (Wildman–Crippen MR) is 82.8 cm³/mol. The highest BCUT2D eigenvalue weighted by Gasteiger charge is 2.10. The van der Waals surface area contributed by atoms with Crippen LogP contribution >= 0.6 is 11.6 Å². The molecular formula is C16H16ClFN2O. The van der Waals surface area contributed by atoms with Gasteiger partial charge < -0.3 is 5.32 Å². The number of benzene rings is 2. The van der Waals surface area contributed by atoms with E-state index < -0.39 is 5.82 Å². The number of hydrogen-bond acceptors (Lipinski definition) is 2. The maximum Gasteiger partial charge on any atom is 0.238 e. The van der Waals surface area contributed by atoms with E-state index in [0.717, 1.165) is 5.56 Å². The number of hydrogen-bond donors (Lipinski definition) is 1. The van der Waals surface area contributed by atoms with Gasteiger partial charge in [0.15, 0.2) is 0 Å². The molecule has 0 fully saturated rings. The summed E-state index contributed by atoms with van der Waals surface area (Å²) in [7, 11) is 1.84. The molecule has 5 heteroatoms. The van der Waals surface area contributed by atoms with Gasteiger partial charge in [-0.15, -0.1) is 0 Å². The third-order valence-electron chi connectivity index (χ3n) is 2.91. The van der Waals surface area contributed by atoms with Crippen LogP contribution in [0.25, 0.3) is 0 Å². The molecule has 0 heterocycles. The summed E-state index contributed by atoms with van der Waals surface area (Å²) in [6.45, 7) is 0.828. The Hall–Kier alpha value is -1.91. The Labute approximate surface area is 128 Å². The Kier molecular flexibility index (Phi) is 5.31. The minimum absolute atomic E-state index is 0.137. The number of nitrogens with one attached hydrogen (secondary N) is 1. The van der Waals surface area contributed by atoms with Gasteiger partial charge in [-0.05, 0) is 30.8 Å². The van der Waals surface area contributed by atoms with Crippen LogP contribution in [-0.4, -0.2) is 24.4 Å². The zero-order valence-corrected chi connectivity index (χ0v) is 12.4. The van der Waals surface area contributed by atoms with Crippen LogP contribution in [0.2, 0.25) is 5.02 Å². The minimum atomic E-state index is -0.540. The van der Waals surface area contributed by atoms with E-state index in [4.69, 9.17) is 11.6 Å². The Balaban J connectivity index is 1.89. The number of likely N-dealkylation sites (N-methyl/N-ethyl adjacent to an activating group) is 1. The van der Waals surface area contributed by atoms with Crippen molar-refractivity contribution in [1.82, 2.24) is 4.90 Å². The molecule has 0 unspecified atom stereocenters. The van der Waals surface area contributed by atoms with Crippen molar-refractivity contribution in [2.24, 2.45) is 0 Å². The molecule has 0 atom stereocenters. The van der Waals surface area contributed by atoms with Gasteiger partial charge in [-0.3, -0.25) is 9.69 Å². The molecule has 2 aromatic rings. The van der Waals surface area contributed by atoms with E-state index in [1.54, 1.807) is 0 Å². The molecule has 2 rings (SSSR count). The average molecular weight is 307 g/mol. The van der Waals surface area contributed by atoms with Crippen LogP contribution in [0.3, 0.4) is 0 Å². The molecule has 0 aliphatic carbocycles. The fourth-order valence-electron chi connectivity index (χ4n) is 1.98. The van der Waals surface area contributed by atoms with E-state index in [1.807, 2.05) is 42.3 Å². The first-order chi connectivity index (χ1) is 10.0. The molecule has 0 saturated heterocycles. The second-order valence-corrected chi connectivity index (χ2v) is 5.27. The second-order valence-electron chi connectivity index (χ2n) is 4.83. The highest BCUT2D eigenvalue weighted by Crippen LogP contribution is 2.18. The summed E-state index contributed by atoms with van der Waals surface area (Å²) in [5.41, 5.74) is 1.25. The van der Waals surface area contributed by atoms with Crippen LogP contribution in [0, 0.1) is 5.82 Å². The molecule has 1 N–H and O–H groups in total. The van der Waals surface area contributed by atoms with Crippen molar-refractivity contribution in [3.8, 4) is 0 Å². The molecule has 21 heavy (non-hydrogen) atoms. The van der Waals surface area contributed by atoms with Crippen molar-refractivity contribution < 1.29 is 9.18 Å². The predicted octanol–water partition coefficient (Wildman–Crippen LogP) is 3.55. The fraction of sp³-hybridized carbons (Fsp3) is 0.188. The lowest BCUT2D eigenvalue weighted by atomic mass is 10.2. The lowest BCUT2D eigenvalue weighted by Crippen LogP contribution is -2.30. The number of nitrogens with zero attached hydrogens (tertiary/aromatic N) is 1. The third kappa shape index (κ3) is 4.85. The van der Waals surface area contributed by atoms with Gasteiger partial charge in [0.05, 0.1) is 12.2 Å². The first-order valence-corrected chi connectivity index (χ1v) is 6.90. The molecule has 0 aromatic heterocycles. The molecule has 0 aliphatic heterocycles. The summed E-state index contributed by atoms with van der Waals surface area (Å²) < 4.78 is 13.6. The lowest BCUT2D eigenvalue weighted by Gasteiger charge is -2.16. The summed E-state index contributed by atoms with van der Waals surface area (Å²) in [6.07, 6.45) is 0. The molecule has 1 amide bonds. The third-order valence-corrected chi connectivity index (χ3v) is 3.15. The van der Waals surface area contributed by atoms with E-state index in [1.165, 1.54) is 18.2 Å². The highest BCUT2D eigenvalue weighted by atomic mass is 35.5. The Morgan fingerprint density at radius 3 is 2.62 bits per heavy atom. The Morgan fingerprint density at radius 1 is 1.24 bits per heavy atom. The number of amides is 1. The van der Waals surface area contributed by atoms with Crippen LogP contribution in [0.4, 0.5) is 10.1 Å². The number of rotatable bonds is 5. The van der Waals surface area contributed by atoms with Crippen LogP contribution in [0.1, 0.15) is 5.56 Å². The second kappa shape index (κ2) is 7.20. The molecule has 0 aliphatic rings. The topological polar surface area (TPSA) is 32.3 Å². The first kappa shape index (κ1) is 15.5. The van der Waals surface area contributed by atoms with E-state index >= 15 is 0 Å². The maximum absolute atomic E-state index is 13.6. The van der Waals surface area contributed by atoms with Crippen LogP contribution in [0.15, 0.2) is 48.5 Å². The van der Waals surface area contributed by atoms with Crippen molar-refractivity contribution in [3.63, 3.8) is 0 Å². The molecule has 0 bridgehead atoms. The molecule has 110 valence electrons. The van der Waals surface area contributed by atoms with Gasteiger partial charge in [0, 0.05) is 11.6 Å². The number of halogens is 2. The monoisotopic (exact) mass is 306 g/mol. The lowest BCUT2D eigenvalue weighted by molar-refractivity contribution is -0.117. The minimum Gasteiger partial charge on any atom is -0.322 e. The Bertz CT molecular complexity index is 619. The van der Waals surface area contributed by atoms with Gasteiger partial charge in [0.25, 0.3) is 0 Å². The van der Waals surface area contributed by atoms with Crippen molar-refractivity contribution in [2.75, 3.05) is 18.9 Å². The first-order valence-electron chi connectivity index (χ1n) is 6.52. The van der Waals surface area contributed by atoms with Gasteiger partial charge in [0.1, 0.15) is 5.82 Å². The van der Waals surface area contributed by atoms with Crippen molar-refractivity contribution in [3.05, 3.63) is 64.9 Å². The SMILES string of the molecule is CN(CC(=O)Nc1ccc(Cl)cc1F)Cc1ccccc1. The molecule has 0 saturated carbocycles. The van der Waals surface area contributed by atoms with Gasteiger partial charge in [0.2, 0.25) is 5.91 Å². The zero-order valence-electron chi connectivity index (χ0n) is 11.6. The summed E-state index contributed by atoms with van der Waals surface area (Å²) in [5, 5.41) is 2.84. The van der Waals surface area contributed by atoms with E-state index in [-0.39, 0.29) is 18.1 Å². The van der Waals surface area contributed by atoms with Gasteiger partial charge in [-0.1, -0.05) is 41.9 Å². The Morgan fingerprint density at radius 2 is 1.95 bits per heavy atom. The normalized spacial score (nSPS) is 10.7. The zero-order chi connectivity index (χ0) is 15.2. The fourth-order valence-corrected chi connectivity index (χ4v) is 2.14. The largest absolute Gasteiger partial charge is 0.322 e. The van der Waals surface area contributed by atoms with Crippen molar-refractivity contribution in [2.45, 2.75) is 6.54 Å². The van der Waals surface area contributed by atoms with Crippen LogP contribution < -0.4 is 5.32 Å². The van der Waals surface area contributed by atoms with E-state index in [0.29, 0.717) is 11.6 Å². The van der Waals surface area contributed by atoms with Crippen molar-refractivity contribution >= 4 is 23.2 Å². The van der Waals surface area contributed by atoms with Crippen LogP contribution in [-0.2, 0) is 11.3 Å². The summed E-state index contributed by atoms with van der Waals surface area (Å²) in [5.74, 6) is -0.809. The maximum atomic E-state index is 13.6. The standard InChI is InChI=1S/C16H16ClFN2O/c1-20(10-12-5-3-2-4-6-12)11-16(21)19-15-8-7-13(17)9-14(15)18/h2-9H,10-11H2,1H3,(H,19,21). The van der Waals surface area contributed by atoms with Crippen LogP contribution in [0.5, 0.6) is 0 Å². The van der Waals surface area contributed by atoms with Gasteiger partial charge >= 0.3 is 0 Å². The number of carbonyl (C=O) groups is 1.